The van der Waals surface area contributed by atoms with Crippen molar-refractivity contribution in [2.24, 2.45) is 46.3 Å². The van der Waals surface area contributed by atoms with Crippen LogP contribution < -0.4 is 4.72 Å². The molecule has 0 aliphatic heterocycles. The Morgan fingerprint density at radius 3 is 2.44 bits per heavy atom. The molecule has 8 atom stereocenters. The number of rotatable bonds is 8. The number of nitrogens with one attached hydrogen (secondary N) is 1. The fraction of sp³-hybridized carbons (Fsp3) is 0.743. The molecule has 0 radical (unpaired) electrons. The average molecular weight is 584 g/mol. The number of hydrogen-bond donors (Lipinski definition) is 1. The van der Waals surface area contributed by atoms with E-state index in [0.717, 1.165) is 60.8 Å². The molecule has 0 heterocycles. The Hall–Kier alpha value is -1.82. The molecule has 1 aromatic rings. The zero-order chi connectivity index (χ0) is 29.6. The summed E-state index contributed by atoms with van der Waals surface area (Å²) in [7, 11) is -3.95. The minimum absolute atomic E-state index is 0.0701. The van der Waals surface area contributed by atoms with Gasteiger partial charge in [-0.2, -0.15) is 0 Å². The van der Waals surface area contributed by atoms with Gasteiger partial charge in [-0.1, -0.05) is 83.2 Å². The summed E-state index contributed by atoms with van der Waals surface area (Å²) < 4.78 is 33.2. The number of carbonyl (C=O) groups is 1. The van der Waals surface area contributed by atoms with E-state index < -0.39 is 16.1 Å². The maximum atomic E-state index is 12.7. The van der Waals surface area contributed by atoms with Gasteiger partial charge < -0.3 is 4.74 Å². The van der Waals surface area contributed by atoms with Crippen LogP contribution in [0.1, 0.15) is 111 Å². The SMILES string of the molecule is Cc1ccc(S(=O)(=O)NC(=O)O[C@H]2CC[C@@]3(C)C(=CC[C@H]4[C@@H]5CC[C@H]([C@H](C)CCCC(C)C)[C@@]5(C)CC[C@@H]43)C2)cc1. The number of carbonyl (C=O) groups excluding carboxylic acids is 1. The van der Waals surface area contributed by atoms with E-state index in [1.807, 2.05) is 6.92 Å². The van der Waals surface area contributed by atoms with Crippen molar-refractivity contribution in [2.75, 3.05) is 0 Å². The summed E-state index contributed by atoms with van der Waals surface area (Å²) in [5, 5.41) is 0. The molecule has 0 aromatic heterocycles. The normalized spacial score (nSPS) is 35.6. The van der Waals surface area contributed by atoms with Crippen LogP contribution in [-0.2, 0) is 14.8 Å². The highest BCUT2D eigenvalue weighted by Crippen LogP contribution is 2.67. The van der Waals surface area contributed by atoms with E-state index in [4.69, 9.17) is 4.74 Å². The molecule has 5 rings (SSSR count). The first kappa shape index (κ1) is 30.6. The largest absolute Gasteiger partial charge is 0.445 e. The highest BCUT2D eigenvalue weighted by atomic mass is 32.2. The molecule has 41 heavy (non-hydrogen) atoms. The standard InChI is InChI=1S/C35H53NO4S/c1-23(2)8-7-9-25(4)30-16-17-31-29-15-12-26-22-27(18-20-34(26,5)32(29)19-21-35(30,31)6)40-33(37)36-41(38,39)28-13-10-24(3)11-14-28/h10-14,23,25,27,29-32H,7-9,15-22H2,1-6H3,(H,36,37)/t25-,27+,29+,30-,31+,32+,34+,35-/m1/s1. The van der Waals surface area contributed by atoms with E-state index in [1.165, 1.54) is 62.7 Å². The van der Waals surface area contributed by atoms with Crippen LogP contribution in [0.15, 0.2) is 40.8 Å². The minimum Gasteiger partial charge on any atom is -0.445 e. The predicted octanol–water partition coefficient (Wildman–Crippen LogP) is 8.82. The van der Waals surface area contributed by atoms with Crippen molar-refractivity contribution in [3.05, 3.63) is 41.5 Å². The molecule has 1 N–H and O–H groups in total. The molecule has 4 aliphatic rings. The lowest BCUT2D eigenvalue weighted by Crippen LogP contribution is -2.51. The first-order chi connectivity index (χ1) is 19.3. The number of hydrogen-bond acceptors (Lipinski definition) is 4. The van der Waals surface area contributed by atoms with Crippen molar-refractivity contribution in [3.8, 4) is 0 Å². The smallest absolute Gasteiger partial charge is 0.421 e. The molecule has 3 fully saturated rings. The Morgan fingerprint density at radius 1 is 1.00 bits per heavy atom. The second kappa shape index (κ2) is 11.7. The van der Waals surface area contributed by atoms with Crippen LogP contribution in [0.2, 0.25) is 0 Å². The number of amides is 1. The Bertz CT molecular complexity index is 1240. The molecule has 1 aromatic carbocycles. The third kappa shape index (κ3) is 6.01. The molecule has 6 heteroatoms. The number of aryl methyl sites for hydroxylation is 1. The monoisotopic (exact) mass is 583 g/mol. The molecular formula is C35H53NO4S. The number of benzene rings is 1. The second-order valence-electron chi connectivity index (χ2n) is 15.0. The van der Waals surface area contributed by atoms with E-state index in [9.17, 15) is 13.2 Å². The van der Waals surface area contributed by atoms with Gasteiger partial charge in [0.15, 0.2) is 0 Å². The number of allylic oxidation sites excluding steroid dienone is 1. The van der Waals surface area contributed by atoms with Crippen LogP contribution in [0.25, 0.3) is 0 Å². The van der Waals surface area contributed by atoms with Crippen molar-refractivity contribution >= 4 is 16.1 Å². The van der Waals surface area contributed by atoms with Crippen LogP contribution >= 0.6 is 0 Å². The van der Waals surface area contributed by atoms with Gasteiger partial charge in [-0.15, -0.1) is 0 Å². The zero-order valence-corrected chi connectivity index (χ0v) is 27.1. The molecule has 0 saturated heterocycles. The highest BCUT2D eigenvalue weighted by Gasteiger charge is 2.59. The summed E-state index contributed by atoms with van der Waals surface area (Å²) >= 11 is 0. The van der Waals surface area contributed by atoms with Crippen molar-refractivity contribution in [3.63, 3.8) is 0 Å². The summed E-state index contributed by atoms with van der Waals surface area (Å²) in [6, 6.07) is 6.46. The molecule has 228 valence electrons. The van der Waals surface area contributed by atoms with Gasteiger partial charge in [-0.25, -0.2) is 17.9 Å². The van der Waals surface area contributed by atoms with Crippen molar-refractivity contribution in [2.45, 2.75) is 123 Å². The Balaban J connectivity index is 1.21. The molecule has 0 spiro atoms. The highest BCUT2D eigenvalue weighted by molar-refractivity contribution is 7.90. The zero-order valence-electron chi connectivity index (χ0n) is 26.2. The molecule has 5 nitrogen and oxygen atoms in total. The molecule has 0 unspecified atom stereocenters. The van der Waals surface area contributed by atoms with Crippen LogP contribution in [0.5, 0.6) is 0 Å². The van der Waals surface area contributed by atoms with Gasteiger partial charge in [0, 0.05) is 6.42 Å². The number of sulfonamides is 1. The number of fused-ring (bicyclic) bond motifs is 5. The fourth-order valence-electron chi connectivity index (χ4n) is 9.81. The van der Waals surface area contributed by atoms with Crippen molar-refractivity contribution in [1.82, 2.24) is 4.72 Å². The predicted molar refractivity (Wildman–Crippen MR) is 165 cm³/mol. The van der Waals surface area contributed by atoms with Gasteiger partial charge in [0.1, 0.15) is 6.10 Å². The summed E-state index contributed by atoms with van der Waals surface area (Å²) in [6.45, 7) is 14.2. The summed E-state index contributed by atoms with van der Waals surface area (Å²) in [6.07, 6.45) is 14.5. The Kier molecular flexibility index (Phi) is 8.74. The first-order valence-electron chi connectivity index (χ1n) is 16.3. The van der Waals surface area contributed by atoms with E-state index in [1.54, 1.807) is 12.1 Å². The second-order valence-corrected chi connectivity index (χ2v) is 16.7. The minimum atomic E-state index is -3.95. The average Bonchev–Trinajstić information content (AvgIpc) is 3.26. The third-order valence-electron chi connectivity index (χ3n) is 12.1. The maximum absolute atomic E-state index is 12.7. The lowest BCUT2D eigenvalue weighted by Gasteiger charge is -2.58. The Morgan fingerprint density at radius 2 is 1.73 bits per heavy atom. The van der Waals surface area contributed by atoms with Gasteiger partial charge in [-0.05, 0) is 110 Å². The van der Waals surface area contributed by atoms with Crippen molar-refractivity contribution in [1.29, 1.82) is 0 Å². The van der Waals surface area contributed by atoms with Crippen LogP contribution in [-0.4, -0.2) is 20.6 Å². The summed E-state index contributed by atoms with van der Waals surface area (Å²) in [4.78, 5) is 12.7. The quantitative estimate of drug-likeness (QED) is 0.310. The van der Waals surface area contributed by atoms with Gasteiger partial charge in [0.05, 0.1) is 4.90 Å². The molecule has 3 saturated carbocycles. The van der Waals surface area contributed by atoms with Gasteiger partial charge >= 0.3 is 6.09 Å². The lowest BCUT2D eigenvalue weighted by atomic mass is 9.47. The van der Waals surface area contributed by atoms with E-state index in [2.05, 4.69) is 45.4 Å². The Labute approximate surface area is 249 Å². The van der Waals surface area contributed by atoms with Crippen LogP contribution in [0, 0.1) is 53.3 Å². The molecule has 1 amide bonds. The lowest BCUT2D eigenvalue weighted by molar-refractivity contribution is -0.0579. The summed E-state index contributed by atoms with van der Waals surface area (Å²) in [5.74, 6) is 4.76. The van der Waals surface area contributed by atoms with Crippen molar-refractivity contribution < 1.29 is 17.9 Å². The van der Waals surface area contributed by atoms with E-state index in [0.29, 0.717) is 11.3 Å². The summed E-state index contributed by atoms with van der Waals surface area (Å²) in [5.41, 5.74) is 3.03. The van der Waals surface area contributed by atoms with E-state index >= 15 is 0 Å². The van der Waals surface area contributed by atoms with E-state index in [-0.39, 0.29) is 16.4 Å². The first-order valence-corrected chi connectivity index (χ1v) is 17.8. The van der Waals surface area contributed by atoms with Gasteiger partial charge in [0.25, 0.3) is 10.0 Å². The molecule has 0 bridgehead atoms. The molecular weight excluding hydrogens is 530 g/mol. The van der Waals surface area contributed by atoms with Crippen LogP contribution in [0.3, 0.4) is 0 Å². The van der Waals surface area contributed by atoms with Gasteiger partial charge in [-0.3, -0.25) is 0 Å². The van der Waals surface area contributed by atoms with Gasteiger partial charge in [0.2, 0.25) is 0 Å². The number of ether oxygens (including phenoxy) is 1. The maximum Gasteiger partial charge on any atom is 0.421 e. The topological polar surface area (TPSA) is 72.5 Å². The van der Waals surface area contributed by atoms with Crippen LogP contribution in [0.4, 0.5) is 4.79 Å². The third-order valence-corrected chi connectivity index (χ3v) is 13.4. The molecule has 4 aliphatic carbocycles. The fourth-order valence-corrected chi connectivity index (χ4v) is 10.7.